The summed E-state index contributed by atoms with van der Waals surface area (Å²) in [7, 11) is 0. The van der Waals surface area contributed by atoms with Crippen LogP contribution < -0.4 is 0 Å². The van der Waals surface area contributed by atoms with Gasteiger partial charge < -0.3 is 14.2 Å². The Bertz CT molecular complexity index is 711. The number of rotatable bonds is 3. The summed E-state index contributed by atoms with van der Waals surface area (Å²) in [5.74, 6) is 1.27. The average Bonchev–Trinajstić information content (AvgIpc) is 3.26. The molecule has 0 aromatic carbocycles. The Morgan fingerprint density at radius 2 is 2.43 bits per heavy atom. The largest absolute Gasteiger partial charge is 0.372 e. The highest BCUT2D eigenvalue weighted by molar-refractivity contribution is 7.10. The predicted octanol–water partition coefficient (Wildman–Crippen LogP) is 2.81. The van der Waals surface area contributed by atoms with Crippen molar-refractivity contribution in [2.24, 2.45) is 0 Å². The van der Waals surface area contributed by atoms with E-state index in [4.69, 9.17) is 9.26 Å². The molecule has 0 N–H and O–H groups in total. The van der Waals surface area contributed by atoms with Gasteiger partial charge in [-0.25, -0.2) is 0 Å². The second kappa shape index (κ2) is 6.05. The number of carbonyl (C=O) groups is 1. The molecule has 1 fully saturated rings. The van der Waals surface area contributed by atoms with Crippen molar-refractivity contribution >= 4 is 17.2 Å². The topological polar surface area (TPSA) is 68.5 Å². The highest BCUT2D eigenvalue weighted by Gasteiger charge is 2.35. The van der Waals surface area contributed by atoms with Gasteiger partial charge in [0.15, 0.2) is 5.82 Å². The zero-order valence-electron chi connectivity index (χ0n) is 13.0. The van der Waals surface area contributed by atoms with Gasteiger partial charge in [-0.15, -0.1) is 11.3 Å². The molecule has 2 aliphatic heterocycles. The molecule has 4 heterocycles. The molecule has 1 saturated heterocycles. The minimum atomic E-state index is -0.112. The number of hydrogen-bond acceptors (Lipinski definition) is 6. The molecule has 7 heteroatoms. The van der Waals surface area contributed by atoms with E-state index in [2.05, 4.69) is 21.6 Å². The lowest BCUT2D eigenvalue weighted by molar-refractivity contribution is -0.135. The third kappa shape index (κ3) is 2.79. The summed E-state index contributed by atoms with van der Waals surface area (Å²) in [5.41, 5.74) is 1.32. The van der Waals surface area contributed by atoms with Gasteiger partial charge in [-0.1, -0.05) is 5.16 Å². The Morgan fingerprint density at radius 1 is 1.52 bits per heavy atom. The van der Waals surface area contributed by atoms with E-state index in [1.165, 1.54) is 10.4 Å². The Morgan fingerprint density at radius 3 is 3.26 bits per heavy atom. The SMILES string of the molecule is Cc1nc([C@@H]2CCCN2C(=O)C[C@H]2OCCc3ccsc32)no1. The van der Waals surface area contributed by atoms with Gasteiger partial charge >= 0.3 is 0 Å². The van der Waals surface area contributed by atoms with Crippen LogP contribution in [0.15, 0.2) is 16.0 Å². The number of thiophene rings is 1. The van der Waals surface area contributed by atoms with E-state index in [1.54, 1.807) is 18.3 Å². The van der Waals surface area contributed by atoms with Crippen molar-refractivity contribution in [2.45, 2.75) is 44.8 Å². The van der Waals surface area contributed by atoms with Gasteiger partial charge in [-0.2, -0.15) is 4.98 Å². The number of likely N-dealkylation sites (tertiary alicyclic amines) is 1. The fraction of sp³-hybridized carbons (Fsp3) is 0.562. The van der Waals surface area contributed by atoms with Crippen molar-refractivity contribution in [3.63, 3.8) is 0 Å². The summed E-state index contributed by atoms with van der Waals surface area (Å²) in [6.45, 7) is 3.21. The van der Waals surface area contributed by atoms with Gasteiger partial charge in [0, 0.05) is 18.3 Å². The average molecular weight is 333 g/mol. The number of fused-ring (bicyclic) bond motifs is 1. The predicted molar refractivity (Wildman–Crippen MR) is 84.1 cm³/mol. The van der Waals surface area contributed by atoms with Gasteiger partial charge in [0.05, 0.1) is 19.1 Å². The molecule has 0 unspecified atom stereocenters. The van der Waals surface area contributed by atoms with Crippen LogP contribution in [0, 0.1) is 6.92 Å². The highest BCUT2D eigenvalue weighted by atomic mass is 32.1. The molecule has 23 heavy (non-hydrogen) atoms. The fourth-order valence-electron chi connectivity index (χ4n) is 3.43. The van der Waals surface area contributed by atoms with E-state index in [-0.39, 0.29) is 18.1 Å². The first-order valence-electron chi connectivity index (χ1n) is 8.00. The van der Waals surface area contributed by atoms with Gasteiger partial charge in [0.1, 0.15) is 6.10 Å². The summed E-state index contributed by atoms with van der Waals surface area (Å²) >= 11 is 1.68. The fourth-order valence-corrected chi connectivity index (χ4v) is 4.44. The molecule has 0 radical (unpaired) electrons. The molecule has 122 valence electrons. The second-order valence-electron chi connectivity index (χ2n) is 6.04. The molecule has 0 spiro atoms. The minimum absolute atomic E-state index is 0.0636. The van der Waals surface area contributed by atoms with Crippen LogP contribution in [-0.2, 0) is 16.0 Å². The zero-order chi connectivity index (χ0) is 15.8. The lowest BCUT2D eigenvalue weighted by atomic mass is 10.0. The third-order valence-corrected chi connectivity index (χ3v) is 5.59. The van der Waals surface area contributed by atoms with Crippen molar-refractivity contribution in [1.82, 2.24) is 15.0 Å². The Balaban J connectivity index is 1.49. The van der Waals surface area contributed by atoms with Crippen LogP contribution in [0.5, 0.6) is 0 Å². The monoisotopic (exact) mass is 333 g/mol. The van der Waals surface area contributed by atoms with Crippen molar-refractivity contribution in [3.8, 4) is 0 Å². The van der Waals surface area contributed by atoms with Crippen molar-refractivity contribution in [2.75, 3.05) is 13.2 Å². The minimum Gasteiger partial charge on any atom is -0.372 e. The Labute approximate surface area is 138 Å². The molecule has 1 amide bonds. The molecule has 4 rings (SSSR count). The Hall–Kier alpha value is -1.73. The molecule has 0 bridgehead atoms. The van der Waals surface area contributed by atoms with Crippen LogP contribution in [-0.4, -0.2) is 34.1 Å². The smallest absolute Gasteiger partial charge is 0.226 e. The van der Waals surface area contributed by atoms with E-state index in [0.717, 1.165) is 25.8 Å². The summed E-state index contributed by atoms with van der Waals surface area (Å²) in [5, 5.41) is 6.08. The van der Waals surface area contributed by atoms with Crippen LogP contribution in [0.2, 0.25) is 0 Å². The van der Waals surface area contributed by atoms with E-state index in [9.17, 15) is 4.79 Å². The van der Waals surface area contributed by atoms with Crippen molar-refractivity contribution in [1.29, 1.82) is 0 Å². The van der Waals surface area contributed by atoms with E-state index in [1.807, 2.05) is 4.90 Å². The Kier molecular flexibility index (Phi) is 3.90. The molecular formula is C16H19N3O3S. The second-order valence-corrected chi connectivity index (χ2v) is 6.99. The number of aromatic nitrogens is 2. The number of nitrogens with zero attached hydrogens (tertiary/aromatic N) is 3. The molecule has 2 aliphatic rings. The van der Waals surface area contributed by atoms with Crippen LogP contribution in [0.1, 0.15) is 53.6 Å². The standard InChI is InChI=1S/C16H19N3O3S/c1-10-17-16(18-22-10)12-3-2-6-19(12)14(20)9-13-15-11(4-7-21-13)5-8-23-15/h5,8,12-13H,2-4,6-7,9H2,1H3/t12-,13+/m0/s1. The van der Waals surface area contributed by atoms with Crippen LogP contribution >= 0.6 is 11.3 Å². The molecule has 2 atom stereocenters. The number of carbonyl (C=O) groups excluding carboxylic acids is 1. The quantitative estimate of drug-likeness (QED) is 0.864. The lowest BCUT2D eigenvalue weighted by Crippen LogP contribution is -2.33. The first-order valence-corrected chi connectivity index (χ1v) is 8.88. The first kappa shape index (κ1) is 14.8. The maximum atomic E-state index is 12.8. The van der Waals surface area contributed by atoms with Crippen LogP contribution in [0.25, 0.3) is 0 Å². The van der Waals surface area contributed by atoms with Crippen LogP contribution in [0.4, 0.5) is 0 Å². The van der Waals surface area contributed by atoms with Gasteiger partial charge in [-0.05, 0) is 36.3 Å². The molecule has 0 aliphatic carbocycles. The number of amides is 1. The van der Waals surface area contributed by atoms with E-state index < -0.39 is 0 Å². The van der Waals surface area contributed by atoms with Crippen molar-refractivity contribution in [3.05, 3.63) is 33.6 Å². The van der Waals surface area contributed by atoms with Gasteiger partial charge in [0.2, 0.25) is 11.8 Å². The molecular weight excluding hydrogens is 314 g/mol. The summed E-state index contributed by atoms with van der Waals surface area (Å²) in [4.78, 5) is 20.2. The summed E-state index contributed by atoms with van der Waals surface area (Å²) in [6, 6.07) is 2.08. The van der Waals surface area contributed by atoms with Crippen molar-refractivity contribution < 1.29 is 14.1 Å². The normalized spacial score (nSPS) is 24.0. The lowest BCUT2D eigenvalue weighted by Gasteiger charge is -2.27. The molecule has 0 saturated carbocycles. The number of ether oxygens (including phenoxy) is 1. The van der Waals surface area contributed by atoms with Gasteiger partial charge in [0.25, 0.3) is 0 Å². The summed E-state index contributed by atoms with van der Waals surface area (Å²) in [6.07, 6.45) is 3.08. The van der Waals surface area contributed by atoms with Crippen LogP contribution in [0.3, 0.4) is 0 Å². The maximum absolute atomic E-state index is 12.8. The number of hydrogen-bond donors (Lipinski definition) is 0. The highest BCUT2D eigenvalue weighted by Crippen LogP contribution is 2.36. The molecule has 6 nitrogen and oxygen atoms in total. The molecule has 2 aromatic rings. The zero-order valence-corrected chi connectivity index (χ0v) is 13.8. The maximum Gasteiger partial charge on any atom is 0.226 e. The molecule has 2 aromatic heterocycles. The van der Waals surface area contributed by atoms with E-state index >= 15 is 0 Å². The number of aryl methyl sites for hydroxylation is 1. The summed E-state index contributed by atoms with van der Waals surface area (Å²) < 4.78 is 10.9. The third-order valence-electron chi connectivity index (χ3n) is 4.54. The van der Waals surface area contributed by atoms with Gasteiger partial charge in [-0.3, -0.25) is 4.79 Å². The first-order chi connectivity index (χ1) is 11.2. The van der Waals surface area contributed by atoms with E-state index in [0.29, 0.717) is 24.7 Å².